The highest BCUT2D eigenvalue weighted by molar-refractivity contribution is 7.13. The van der Waals surface area contributed by atoms with Gasteiger partial charge in [-0.1, -0.05) is 5.16 Å². The van der Waals surface area contributed by atoms with Gasteiger partial charge in [0.15, 0.2) is 18.0 Å². The van der Waals surface area contributed by atoms with Gasteiger partial charge in [0.1, 0.15) is 0 Å². The Labute approximate surface area is 90.7 Å². The van der Waals surface area contributed by atoms with Gasteiger partial charge in [-0.15, -0.1) is 11.3 Å². The molecule has 1 aromatic rings. The van der Waals surface area contributed by atoms with Crippen LogP contribution in [0.2, 0.25) is 0 Å². The third-order valence-corrected chi connectivity index (χ3v) is 2.02. The molecule has 0 saturated heterocycles. The predicted molar refractivity (Wildman–Crippen MR) is 56.4 cm³/mol. The highest BCUT2D eigenvalue weighted by Gasteiger charge is 1.98. The number of esters is 1. The number of hydrogen-bond donors (Lipinski definition) is 1. The molecule has 0 spiro atoms. The molecule has 0 aliphatic rings. The lowest BCUT2D eigenvalue weighted by Gasteiger charge is -1.95. The van der Waals surface area contributed by atoms with Crippen molar-refractivity contribution in [3.63, 3.8) is 0 Å². The molecule has 7 heteroatoms. The molecule has 0 radical (unpaired) electrons. The minimum Gasteiger partial charge on any atom is -0.462 e. The van der Waals surface area contributed by atoms with Gasteiger partial charge in [-0.25, -0.2) is 9.78 Å². The molecule has 0 unspecified atom stereocenters. The van der Waals surface area contributed by atoms with E-state index in [0.717, 1.165) is 6.21 Å². The Hall–Kier alpha value is -1.63. The van der Waals surface area contributed by atoms with E-state index in [1.807, 2.05) is 0 Å². The fraction of sp³-hybridized carbons (Fsp3) is 0.375. The zero-order chi connectivity index (χ0) is 11.1. The van der Waals surface area contributed by atoms with E-state index in [1.54, 1.807) is 12.3 Å². The predicted octanol–water partition coefficient (Wildman–Crippen LogP) is 0.791. The zero-order valence-corrected chi connectivity index (χ0v) is 8.99. The first-order valence-corrected chi connectivity index (χ1v) is 5.12. The number of nitrogen functional groups attached to an aromatic ring is 1. The Balaban J connectivity index is 2.24. The van der Waals surface area contributed by atoms with Gasteiger partial charge in [-0.05, 0) is 6.92 Å². The summed E-state index contributed by atoms with van der Waals surface area (Å²) in [5, 5.41) is 5.65. The molecule has 0 saturated carbocycles. The van der Waals surface area contributed by atoms with Crippen molar-refractivity contribution in [2.75, 3.05) is 12.3 Å². The van der Waals surface area contributed by atoms with Crippen molar-refractivity contribution in [1.82, 2.24) is 4.98 Å². The van der Waals surface area contributed by atoms with Crippen molar-refractivity contribution in [1.29, 1.82) is 0 Å². The van der Waals surface area contributed by atoms with E-state index in [1.165, 1.54) is 11.3 Å². The maximum Gasteiger partial charge on any atom is 0.352 e. The number of carbonyl (C=O) groups is 1. The topological polar surface area (TPSA) is 86.8 Å². The highest BCUT2D eigenvalue weighted by Crippen LogP contribution is 2.11. The molecule has 82 valence electrons. The molecule has 0 aliphatic heterocycles. The summed E-state index contributed by atoms with van der Waals surface area (Å²) in [7, 11) is 0. The van der Waals surface area contributed by atoms with E-state index < -0.39 is 5.97 Å². The van der Waals surface area contributed by atoms with E-state index in [0.29, 0.717) is 17.4 Å². The van der Waals surface area contributed by atoms with Crippen LogP contribution in [-0.2, 0) is 21.0 Å². The molecule has 1 rings (SSSR count). The first-order chi connectivity index (χ1) is 7.22. The van der Waals surface area contributed by atoms with E-state index in [-0.39, 0.29) is 6.61 Å². The normalized spacial score (nSPS) is 10.5. The largest absolute Gasteiger partial charge is 0.462 e. The van der Waals surface area contributed by atoms with Gasteiger partial charge in [0, 0.05) is 5.38 Å². The summed E-state index contributed by atoms with van der Waals surface area (Å²) in [4.78, 5) is 19.5. The number of hydrogen-bond acceptors (Lipinski definition) is 7. The first kappa shape index (κ1) is 11.4. The number of nitrogens with zero attached hydrogens (tertiary/aromatic N) is 2. The Bertz CT molecular complexity index is 351. The van der Waals surface area contributed by atoms with Crippen molar-refractivity contribution in [2.45, 2.75) is 13.5 Å². The van der Waals surface area contributed by atoms with Gasteiger partial charge < -0.3 is 15.3 Å². The van der Waals surface area contributed by atoms with E-state index >= 15 is 0 Å². The SMILES string of the molecule is CCOC(=O)/C=N\OCc1csc(N)n1. The van der Waals surface area contributed by atoms with E-state index in [4.69, 9.17) is 10.6 Å². The molecule has 1 aromatic heterocycles. The third-order valence-electron chi connectivity index (χ3n) is 1.30. The Morgan fingerprint density at radius 1 is 1.80 bits per heavy atom. The summed E-state index contributed by atoms with van der Waals surface area (Å²) in [5.41, 5.74) is 6.09. The summed E-state index contributed by atoms with van der Waals surface area (Å²) >= 11 is 1.32. The second kappa shape index (κ2) is 5.97. The van der Waals surface area contributed by atoms with E-state index in [2.05, 4.69) is 14.9 Å². The monoisotopic (exact) mass is 229 g/mol. The van der Waals surface area contributed by atoms with Crippen molar-refractivity contribution in [2.24, 2.45) is 5.16 Å². The summed E-state index contributed by atoms with van der Waals surface area (Å²) in [6, 6.07) is 0. The maximum atomic E-state index is 10.8. The molecular formula is C8H11N3O3S. The van der Waals surface area contributed by atoms with Gasteiger partial charge in [0.25, 0.3) is 0 Å². The molecule has 2 N–H and O–H groups in total. The Kier molecular flexibility index (Phi) is 4.55. The minimum absolute atomic E-state index is 0.184. The Morgan fingerprint density at radius 3 is 3.20 bits per heavy atom. The fourth-order valence-corrected chi connectivity index (χ4v) is 1.30. The fourth-order valence-electron chi connectivity index (χ4n) is 0.752. The molecule has 15 heavy (non-hydrogen) atoms. The number of oxime groups is 1. The van der Waals surface area contributed by atoms with Crippen LogP contribution < -0.4 is 5.73 Å². The average Bonchev–Trinajstić information content (AvgIpc) is 2.60. The van der Waals surface area contributed by atoms with Crippen LogP contribution in [0, 0.1) is 0 Å². The van der Waals surface area contributed by atoms with Gasteiger partial charge >= 0.3 is 5.97 Å². The van der Waals surface area contributed by atoms with E-state index in [9.17, 15) is 4.79 Å². The maximum absolute atomic E-state index is 10.8. The van der Waals surface area contributed by atoms with Crippen LogP contribution in [0.1, 0.15) is 12.6 Å². The second-order valence-electron chi connectivity index (χ2n) is 2.44. The standard InChI is InChI=1S/C8H11N3O3S/c1-2-13-7(12)3-10-14-4-6-5-15-8(9)11-6/h3,5H,2,4H2,1H3,(H2,9,11)/b10-3-. The van der Waals surface area contributed by atoms with Gasteiger partial charge in [-0.2, -0.15) is 0 Å². The number of ether oxygens (including phenoxy) is 1. The number of carbonyl (C=O) groups excluding carboxylic acids is 1. The van der Waals surface area contributed by atoms with Crippen LogP contribution in [0.15, 0.2) is 10.5 Å². The van der Waals surface area contributed by atoms with Gasteiger partial charge in [-0.3, -0.25) is 0 Å². The summed E-state index contributed by atoms with van der Waals surface area (Å²) in [6.07, 6.45) is 0.971. The lowest BCUT2D eigenvalue weighted by Crippen LogP contribution is -2.05. The van der Waals surface area contributed by atoms with Gasteiger partial charge in [0.2, 0.25) is 0 Å². The van der Waals surface area contributed by atoms with Crippen LogP contribution in [0.5, 0.6) is 0 Å². The minimum atomic E-state index is -0.532. The van der Waals surface area contributed by atoms with Crippen LogP contribution in [-0.4, -0.2) is 23.8 Å². The molecule has 0 aliphatic carbocycles. The van der Waals surface area contributed by atoms with Crippen molar-refractivity contribution in [3.05, 3.63) is 11.1 Å². The molecule has 0 fully saturated rings. The molecule has 0 amide bonds. The molecular weight excluding hydrogens is 218 g/mol. The number of aromatic nitrogens is 1. The smallest absolute Gasteiger partial charge is 0.352 e. The summed E-state index contributed by atoms with van der Waals surface area (Å²) in [6.45, 7) is 2.21. The van der Waals surface area contributed by atoms with Gasteiger partial charge in [0.05, 0.1) is 12.3 Å². The third kappa shape index (κ3) is 4.41. The summed E-state index contributed by atoms with van der Waals surface area (Å²) in [5.74, 6) is -0.532. The molecule has 1 heterocycles. The quantitative estimate of drug-likeness (QED) is 0.458. The van der Waals surface area contributed by atoms with Crippen molar-refractivity contribution in [3.8, 4) is 0 Å². The number of rotatable bonds is 5. The lowest BCUT2D eigenvalue weighted by molar-refractivity contribution is -0.134. The average molecular weight is 229 g/mol. The molecule has 6 nitrogen and oxygen atoms in total. The number of thiazole rings is 1. The van der Waals surface area contributed by atoms with Crippen LogP contribution in [0.4, 0.5) is 5.13 Å². The number of nitrogens with two attached hydrogens (primary N) is 1. The number of anilines is 1. The van der Waals surface area contributed by atoms with Crippen LogP contribution in [0.3, 0.4) is 0 Å². The second-order valence-corrected chi connectivity index (χ2v) is 3.33. The van der Waals surface area contributed by atoms with Crippen LogP contribution in [0.25, 0.3) is 0 Å². The zero-order valence-electron chi connectivity index (χ0n) is 8.17. The van der Waals surface area contributed by atoms with Crippen molar-refractivity contribution < 1.29 is 14.4 Å². The summed E-state index contributed by atoms with van der Waals surface area (Å²) < 4.78 is 4.60. The molecule has 0 bridgehead atoms. The molecule has 0 aromatic carbocycles. The van der Waals surface area contributed by atoms with Crippen molar-refractivity contribution >= 4 is 28.7 Å². The molecule has 0 atom stereocenters. The van der Waals surface area contributed by atoms with Crippen LogP contribution >= 0.6 is 11.3 Å². The lowest BCUT2D eigenvalue weighted by atomic mass is 10.5. The highest BCUT2D eigenvalue weighted by atomic mass is 32.1. The first-order valence-electron chi connectivity index (χ1n) is 4.24. The Morgan fingerprint density at radius 2 is 2.60 bits per heavy atom.